The Morgan fingerprint density at radius 1 is 1.26 bits per heavy atom. The molecule has 1 heterocycles. The molecule has 2 atom stereocenters. The molecule has 142 valence electrons. The molecule has 1 unspecified atom stereocenters. The summed E-state index contributed by atoms with van der Waals surface area (Å²) in [6, 6.07) is 11.8. The predicted octanol–water partition coefficient (Wildman–Crippen LogP) is 3.91. The normalized spacial score (nSPS) is 19.4. The molecule has 1 aliphatic heterocycles. The number of hydrogen-bond acceptors (Lipinski definition) is 3. The quantitative estimate of drug-likeness (QED) is 0.815. The van der Waals surface area contributed by atoms with Crippen LogP contribution in [0.2, 0.25) is 5.02 Å². The van der Waals surface area contributed by atoms with Gasteiger partial charge in [-0.2, -0.15) is 0 Å². The summed E-state index contributed by atoms with van der Waals surface area (Å²) >= 11 is 5.87. The molecule has 0 bridgehead atoms. The van der Waals surface area contributed by atoms with E-state index in [1.54, 1.807) is 24.3 Å². The predicted molar refractivity (Wildman–Crippen MR) is 102 cm³/mol. The molecule has 0 spiro atoms. The fourth-order valence-corrected chi connectivity index (χ4v) is 3.66. The largest absolute Gasteiger partial charge is 0.497 e. The third-order valence-corrected chi connectivity index (χ3v) is 5.20. The minimum atomic E-state index is -0.413. The third kappa shape index (κ3) is 4.86. The van der Waals surface area contributed by atoms with Gasteiger partial charge in [-0.05, 0) is 35.2 Å². The van der Waals surface area contributed by atoms with E-state index in [2.05, 4.69) is 5.32 Å². The molecule has 0 aliphatic carbocycles. The first-order chi connectivity index (χ1) is 13.0. The molecule has 27 heavy (non-hydrogen) atoms. The minimum Gasteiger partial charge on any atom is -0.497 e. The molecule has 0 aromatic heterocycles. The van der Waals surface area contributed by atoms with Crippen LogP contribution in [-0.2, 0) is 16.0 Å². The van der Waals surface area contributed by atoms with Crippen molar-refractivity contribution in [2.24, 2.45) is 5.92 Å². The zero-order valence-electron chi connectivity index (χ0n) is 15.0. The van der Waals surface area contributed by atoms with E-state index < -0.39 is 5.82 Å². The first-order valence-electron chi connectivity index (χ1n) is 8.82. The molecular formula is C21H21ClFNO3. The summed E-state index contributed by atoms with van der Waals surface area (Å²) in [6.45, 7) is 0.362. The zero-order valence-corrected chi connectivity index (χ0v) is 15.8. The number of ketones is 1. The number of carbonyl (C=O) groups is 2. The van der Waals surface area contributed by atoms with Gasteiger partial charge in [-0.1, -0.05) is 29.8 Å². The van der Waals surface area contributed by atoms with Crippen molar-refractivity contribution < 1.29 is 18.7 Å². The Bertz CT molecular complexity index is 838. The number of Topliss-reactive ketones (excluding diaryl/α,β-unsaturated/α-hetero) is 1. The number of ether oxygens (including phenoxy) is 1. The van der Waals surface area contributed by atoms with Crippen molar-refractivity contribution in [2.75, 3.05) is 13.7 Å². The van der Waals surface area contributed by atoms with Crippen LogP contribution in [0.1, 0.15) is 29.9 Å². The van der Waals surface area contributed by atoms with Crippen LogP contribution in [0.5, 0.6) is 5.75 Å². The Kier molecular flexibility index (Phi) is 6.11. The Morgan fingerprint density at radius 3 is 2.67 bits per heavy atom. The van der Waals surface area contributed by atoms with E-state index >= 15 is 0 Å². The molecule has 1 N–H and O–H groups in total. The van der Waals surface area contributed by atoms with Gasteiger partial charge in [0.25, 0.3) is 0 Å². The Morgan fingerprint density at radius 2 is 2.00 bits per heavy atom. The first kappa shape index (κ1) is 19.4. The average molecular weight is 390 g/mol. The van der Waals surface area contributed by atoms with Crippen LogP contribution in [0.3, 0.4) is 0 Å². The van der Waals surface area contributed by atoms with Gasteiger partial charge in [-0.15, -0.1) is 0 Å². The lowest BCUT2D eigenvalue weighted by molar-refractivity contribution is -0.125. The average Bonchev–Trinajstić information content (AvgIpc) is 2.65. The Labute approximate surface area is 162 Å². The maximum absolute atomic E-state index is 14.5. The van der Waals surface area contributed by atoms with Crippen molar-refractivity contribution in [2.45, 2.75) is 25.2 Å². The fourth-order valence-electron chi connectivity index (χ4n) is 3.53. The van der Waals surface area contributed by atoms with Crippen molar-refractivity contribution >= 4 is 23.3 Å². The molecule has 1 aliphatic rings. The summed E-state index contributed by atoms with van der Waals surface area (Å²) in [4.78, 5) is 24.4. The molecule has 1 fully saturated rings. The highest BCUT2D eigenvalue weighted by molar-refractivity contribution is 6.30. The maximum atomic E-state index is 14.5. The molecule has 3 rings (SSSR count). The molecule has 0 saturated carbocycles. The summed E-state index contributed by atoms with van der Waals surface area (Å²) in [5.41, 5.74) is 1.34. The molecular weight excluding hydrogens is 369 g/mol. The second kappa shape index (κ2) is 8.53. The van der Waals surface area contributed by atoms with Gasteiger partial charge >= 0.3 is 0 Å². The standard InChI is InChI=1S/C21H21ClFNO3/c1-27-17-6-7-18(20(23)10-17)19-11-21(26)24-12-14(19)9-16(25)8-13-2-4-15(22)5-3-13/h2-7,10,14,19H,8-9,11-12H2,1H3,(H,24,26)/t14-,19?/m1/s1. The van der Waals surface area contributed by atoms with Crippen LogP contribution in [0.4, 0.5) is 4.39 Å². The molecule has 2 aromatic rings. The monoisotopic (exact) mass is 389 g/mol. The van der Waals surface area contributed by atoms with Gasteiger partial charge in [-0.25, -0.2) is 4.39 Å². The lowest BCUT2D eigenvalue weighted by Gasteiger charge is -2.32. The number of nitrogens with one attached hydrogen (secondary N) is 1. The van der Waals surface area contributed by atoms with Crippen LogP contribution in [0, 0.1) is 11.7 Å². The topological polar surface area (TPSA) is 55.4 Å². The second-order valence-corrected chi connectivity index (χ2v) is 7.24. The highest BCUT2D eigenvalue weighted by Crippen LogP contribution is 2.35. The van der Waals surface area contributed by atoms with Crippen LogP contribution in [0.15, 0.2) is 42.5 Å². The number of carbonyl (C=O) groups excluding carboxylic acids is 2. The smallest absolute Gasteiger partial charge is 0.220 e. The van der Waals surface area contributed by atoms with E-state index in [4.69, 9.17) is 16.3 Å². The number of amides is 1. The third-order valence-electron chi connectivity index (χ3n) is 4.95. The van der Waals surface area contributed by atoms with E-state index in [9.17, 15) is 14.0 Å². The van der Waals surface area contributed by atoms with Crippen molar-refractivity contribution in [1.29, 1.82) is 0 Å². The second-order valence-electron chi connectivity index (χ2n) is 6.81. The number of rotatable bonds is 6. The summed E-state index contributed by atoms with van der Waals surface area (Å²) in [5.74, 6) is -0.547. The van der Waals surface area contributed by atoms with E-state index in [0.29, 0.717) is 29.3 Å². The Balaban J connectivity index is 1.74. The van der Waals surface area contributed by atoms with Crippen molar-refractivity contribution in [3.8, 4) is 5.75 Å². The molecule has 0 radical (unpaired) electrons. The van der Waals surface area contributed by atoms with Gasteiger partial charge in [0.1, 0.15) is 17.3 Å². The summed E-state index contributed by atoms with van der Waals surface area (Å²) in [5, 5.41) is 3.42. The van der Waals surface area contributed by atoms with Crippen molar-refractivity contribution in [3.63, 3.8) is 0 Å². The molecule has 2 aromatic carbocycles. The van der Waals surface area contributed by atoms with Crippen molar-refractivity contribution in [3.05, 3.63) is 64.4 Å². The number of benzene rings is 2. The lowest BCUT2D eigenvalue weighted by Crippen LogP contribution is -2.41. The van der Waals surface area contributed by atoms with Gasteiger partial charge < -0.3 is 10.1 Å². The lowest BCUT2D eigenvalue weighted by atomic mass is 9.77. The van der Waals surface area contributed by atoms with Gasteiger partial charge in [0, 0.05) is 42.8 Å². The Hall–Kier alpha value is -2.40. The van der Waals surface area contributed by atoms with Gasteiger partial charge in [0.15, 0.2) is 0 Å². The number of piperidine rings is 1. The molecule has 4 nitrogen and oxygen atoms in total. The molecule has 1 amide bonds. The van der Waals surface area contributed by atoms with Gasteiger partial charge in [0.05, 0.1) is 7.11 Å². The van der Waals surface area contributed by atoms with E-state index in [0.717, 1.165) is 5.56 Å². The van der Waals surface area contributed by atoms with E-state index in [1.807, 2.05) is 12.1 Å². The zero-order chi connectivity index (χ0) is 19.4. The number of methoxy groups -OCH3 is 1. The van der Waals surface area contributed by atoms with E-state index in [1.165, 1.54) is 13.2 Å². The molecule has 6 heteroatoms. The highest BCUT2D eigenvalue weighted by Gasteiger charge is 2.33. The SMILES string of the molecule is COc1ccc(C2CC(=O)NC[C@H]2CC(=O)Cc2ccc(Cl)cc2)c(F)c1. The van der Waals surface area contributed by atoms with Gasteiger partial charge in [0.2, 0.25) is 5.91 Å². The number of hydrogen-bond donors (Lipinski definition) is 1. The summed E-state index contributed by atoms with van der Waals surface area (Å²) < 4.78 is 19.6. The fraction of sp³-hybridized carbons (Fsp3) is 0.333. The van der Waals surface area contributed by atoms with Crippen LogP contribution in [-0.4, -0.2) is 25.3 Å². The maximum Gasteiger partial charge on any atom is 0.220 e. The van der Waals surface area contributed by atoms with Crippen LogP contribution in [0.25, 0.3) is 0 Å². The summed E-state index contributed by atoms with van der Waals surface area (Å²) in [7, 11) is 1.47. The first-order valence-corrected chi connectivity index (χ1v) is 9.20. The van der Waals surface area contributed by atoms with Gasteiger partial charge in [-0.3, -0.25) is 9.59 Å². The van der Waals surface area contributed by atoms with Crippen molar-refractivity contribution in [1.82, 2.24) is 5.32 Å². The minimum absolute atomic E-state index is 0.0531. The summed E-state index contributed by atoms with van der Waals surface area (Å²) in [6.07, 6.45) is 0.737. The van der Waals surface area contributed by atoms with Crippen LogP contribution >= 0.6 is 11.6 Å². The van der Waals surface area contributed by atoms with Crippen LogP contribution < -0.4 is 10.1 Å². The highest BCUT2D eigenvalue weighted by atomic mass is 35.5. The molecule has 1 saturated heterocycles. The number of halogens is 2. The van der Waals surface area contributed by atoms with E-state index in [-0.39, 0.29) is 36.4 Å².